The van der Waals surface area contributed by atoms with E-state index in [0.717, 1.165) is 25.8 Å². The number of hydrogen-bond acceptors (Lipinski definition) is 4. The molecule has 1 amide bonds. The van der Waals surface area contributed by atoms with Gasteiger partial charge in [0.25, 0.3) is 0 Å². The van der Waals surface area contributed by atoms with E-state index >= 15 is 0 Å². The fourth-order valence-corrected chi connectivity index (χ4v) is 2.85. The van der Waals surface area contributed by atoms with Crippen LogP contribution in [-0.2, 0) is 14.8 Å². The predicted octanol–water partition coefficient (Wildman–Crippen LogP) is -0.570. The van der Waals surface area contributed by atoms with Crippen LogP contribution in [0.4, 0.5) is 0 Å². The molecule has 3 N–H and O–H groups in total. The van der Waals surface area contributed by atoms with Gasteiger partial charge in [-0.15, -0.1) is 0 Å². The first-order valence-electron chi connectivity index (χ1n) is 6.34. The van der Waals surface area contributed by atoms with Crippen molar-refractivity contribution in [1.82, 2.24) is 15.4 Å². The molecule has 1 saturated heterocycles. The zero-order chi connectivity index (χ0) is 13.6. The fourth-order valence-electron chi connectivity index (χ4n) is 2.10. The van der Waals surface area contributed by atoms with Crippen molar-refractivity contribution in [2.24, 2.45) is 5.92 Å². The molecule has 18 heavy (non-hydrogen) atoms. The lowest BCUT2D eigenvalue weighted by Crippen LogP contribution is -2.45. The predicted molar refractivity (Wildman–Crippen MR) is 70.7 cm³/mol. The van der Waals surface area contributed by atoms with Crippen molar-refractivity contribution < 1.29 is 13.2 Å². The van der Waals surface area contributed by atoms with E-state index in [0.29, 0.717) is 12.5 Å². The molecule has 1 aliphatic rings. The maximum atomic E-state index is 11.6. The molecule has 0 radical (unpaired) electrons. The Morgan fingerprint density at radius 2 is 2.22 bits per heavy atom. The lowest BCUT2D eigenvalue weighted by molar-refractivity contribution is -0.122. The standard InChI is InChI=1S/C11H23N3O3S/c1-9(14-18(2,16)17)11(15)13-7-5-10-4-3-6-12-8-10/h9-10,12,14H,3-8H2,1-2H3,(H,13,15). The van der Waals surface area contributed by atoms with Crippen molar-refractivity contribution in [1.29, 1.82) is 0 Å². The van der Waals surface area contributed by atoms with Crippen LogP contribution >= 0.6 is 0 Å². The Hall–Kier alpha value is -0.660. The van der Waals surface area contributed by atoms with Crippen molar-refractivity contribution in [3.63, 3.8) is 0 Å². The molecule has 0 spiro atoms. The van der Waals surface area contributed by atoms with Gasteiger partial charge >= 0.3 is 0 Å². The third-order valence-electron chi connectivity index (χ3n) is 3.03. The SMILES string of the molecule is CC(NS(C)(=O)=O)C(=O)NCCC1CCCNC1. The summed E-state index contributed by atoms with van der Waals surface area (Å²) in [5, 5.41) is 6.08. The first kappa shape index (κ1) is 15.4. The van der Waals surface area contributed by atoms with Crippen LogP contribution in [0.1, 0.15) is 26.2 Å². The molecule has 0 aromatic rings. The van der Waals surface area contributed by atoms with Crippen LogP contribution in [0.15, 0.2) is 0 Å². The third kappa shape index (κ3) is 6.32. The van der Waals surface area contributed by atoms with Crippen LogP contribution in [0.2, 0.25) is 0 Å². The van der Waals surface area contributed by atoms with Crippen molar-refractivity contribution in [2.75, 3.05) is 25.9 Å². The lowest BCUT2D eigenvalue weighted by Gasteiger charge is -2.23. The van der Waals surface area contributed by atoms with Gasteiger partial charge in [-0.05, 0) is 45.2 Å². The number of piperidine rings is 1. The molecular formula is C11H23N3O3S. The summed E-state index contributed by atoms with van der Waals surface area (Å²) in [4.78, 5) is 11.6. The lowest BCUT2D eigenvalue weighted by atomic mass is 9.96. The van der Waals surface area contributed by atoms with Crippen molar-refractivity contribution in [3.05, 3.63) is 0 Å². The fraction of sp³-hybridized carbons (Fsp3) is 0.909. The largest absolute Gasteiger partial charge is 0.355 e. The number of carbonyl (C=O) groups is 1. The zero-order valence-corrected chi connectivity index (χ0v) is 11.8. The van der Waals surface area contributed by atoms with E-state index in [1.165, 1.54) is 12.8 Å². The number of nitrogens with one attached hydrogen (secondary N) is 3. The van der Waals surface area contributed by atoms with Gasteiger partial charge in [0.05, 0.1) is 12.3 Å². The number of sulfonamides is 1. The number of rotatable bonds is 6. The van der Waals surface area contributed by atoms with Crippen molar-refractivity contribution >= 4 is 15.9 Å². The second-order valence-corrected chi connectivity index (χ2v) is 6.68. The molecule has 7 heteroatoms. The molecule has 0 aromatic heterocycles. The average molecular weight is 277 g/mol. The molecule has 2 unspecified atom stereocenters. The minimum absolute atomic E-state index is 0.274. The highest BCUT2D eigenvalue weighted by molar-refractivity contribution is 7.88. The molecular weight excluding hydrogens is 254 g/mol. The van der Waals surface area contributed by atoms with Crippen molar-refractivity contribution in [2.45, 2.75) is 32.2 Å². The topological polar surface area (TPSA) is 87.3 Å². The minimum Gasteiger partial charge on any atom is -0.355 e. The molecule has 1 fully saturated rings. The Kier molecular flexibility index (Phi) is 6.04. The molecule has 0 bridgehead atoms. The van der Waals surface area contributed by atoms with Crippen LogP contribution in [-0.4, -0.2) is 46.3 Å². The highest BCUT2D eigenvalue weighted by Crippen LogP contribution is 2.12. The average Bonchev–Trinajstić information content (AvgIpc) is 2.28. The van der Waals surface area contributed by atoms with E-state index in [1.54, 1.807) is 6.92 Å². The van der Waals surface area contributed by atoms with Crippen LogP contribution in [0.25, 0.3) is 0 Å². The monoisotopic (exact) mass is 277 g/mol. The van der Waals surface area contributed by atoms with Crippen LogP contribution in [0, 0.1) is 5.92 Å². The van der Waals surface area contributed by atoms with Gasteiger partial charge < -0.3 is 10.6 Å². The Bertz CT molecular complexity index is 364. The molecule has 106 valence electrons. The number of carbonyl (C=O) groups excluding carboxylic acids is 1. The molecule has 1 heterocycles. The van der Waals surface area contributed by atoms with Gasteiger partial charge in [-0.1, -0.05) is 0 Å². The molecule has 6 nitrogen and oxygen atoms in total. The number of amides is 1. The number of hydrogen-bond donors (Lipinski definition) is 3. The van der Waals surface area contributed by atoms with Gasteiger partial charge in [0.15, 0.2) is 0 Å². The first-order valence-corrected chi connectivity index (χ1v) is 8.23. The smallest absolute Gasteiger partial charge is 0.237 e. The van der Waals surface area contributed by atoms with Crippen LogP contribution < -0.4 is 15.4 Å². The summed E-state index contributed by atoms with van der Waals surface area (Å²) in [6, 6.07) is -0.718. The highest BCUT2D eigenvalue weighted by atomic mass is 32.2. The van der Waals surface area contributed by atoms with Crippen LogP contribution in [0.3, 0.4) is 0 Å². The Labute approximate surface area is 109 Å². The Morgan fingerprint density at radius 1 is 1.50 bits per heavy atom. The second kappa shape index (κ2) is 7.06. The zero-order valence-electron chi connectivity index (χ0n) is 11.0. The maximum Gasteiger partial charge on any atom is 0.237 e. The van der Waals surface area contributed by atoms with E-state index in [1.807, 2.05) is 0 Å². The third-order valence-corrected chi connectivity index (χ3v) is 3.82. The summed E-state index contributed by atoms with van der Waals surface area (Å²) in [6.07, 6.45) is 4.36. The Balaban J connectivity index is 2.19. The highest BCUT2D eigenvalue weighted by Gasteiger charge is 2.17. The normalized spacial score (nSPS) is 22.4. The molecule has 1 aliphatic heterocycles. The minimum atomic E-state index is -3.33. The van der Waals surface area contributed by atoms with Gasteiger partial charge in [0.1, 0.15) is 0 Å². The van der Waals surface area contributed by atoms with E-state index in [2.05, 4.69) is 15.4 Å². The quantitative estimate of drug-likeness (QED) is 0.607. The summed E-state index contributed by atoms with van der Waals surface area (Å²) in [6.45, 7) is 4.23. The first-order chi connectivity index (χ1) is 8.38. The van der Waals surface area contributed by atoms with Crippen molar-refractivity contribution in [3.8, 4) is 0 Å². The summed E-state index contributed by atoms with van der Waals surface area (Å²) in [5.41, 5.74) is 0. The van der Waals surface area contributed by atoms with Gasteiger partial charge in [0, 0.05) is 6.54 Å². The van der Waals surface area contributed by atoms with Gasteiger partial charge in [-0.2, -0.15) is 0 Å². The van der Waals surface area contributed by atoms with Crippen LogP contribution in [0.5, 0.6) is 0 Å². The summed E-state index contributed by atoms with van der Waals surface area (Å²) in [5.74, 6) is 0.335. The van der Waals surface area contributed by atoms with E-state index in [4.69, 9.17) is 0 Å². The van der Waals surface area contributed by atoms with Gasteiger partial charge in [-0.3, -0.25) is 4.79 Å². The summed E-state index contributed by atoms with van der Waals surface area (Å²) >= 11 is 0. The summed E-state index contributed by atoms with van der Waals surface area (Å²) < 4.78 is 24.2. The van der Waals surface area contributed by atoms with E-state index in [9.17, 15) is 13.2 Å². The molecule has 1 rings (SSSR count). The Morgan fingerprint density at radius 3 is 2.78 bits per heavy atom. The van der Waals surface area contributed by atoms with Gasteiger partial charge in [0.2, 0.25) is 15.9 Å². The van der Waals surface area contributed by atoms with E-state index in [-0.39, 0.29) is 5.91 Å². The molecule has 0 saturated carbocycles. The molecule has 0 aromatic carbocycles. The molecule has 0 aliphatic carbocycles. The summed E-state index contributed by atoms with van der Waals surface area (Å²) in [7, 11) is -3.33. The second-order valence-electron chi connectivity index (χ2n) is 4.90. The maximum absolute atomic E-state index is 11.6. The van der Waals surface area contributed by atoms with Gasteiger partial charge in [-0.25, -0.2) is 13.1 Å². The molecule has 2 atom stereocenters. The van der Waals surface area contributed by atoms with E-state index < -0.39 is 16.1 Å².